The first-order valence-electron chi connectivity index (χ1n) is 3.96. The van der Waals surface area contributed by atoms with Crippen molar-refractivity contribution >= 4 is 46.4 Å². The van der Waals surface area contributed by atoms with Gasteiger partial charge < -0.3 is 9.84 Å². The normalized spacial score (nSPS) is 13.0. The highest BCUT2D eigenvalue weighted by Crippen LogP contribution is 2.37. The maximum Gasteiger partial charge on any atom is 0.156 e. The fourth-order valence-corrected chi connectivity index (χ4v) is 2.04. The van der Waals surface area contributed by atoms with Crippen LogP contribution in [0.3, 0.4) is 0 Å². The van der Waals surface area contributed by atoms with Crippen molar-refractivity contribution in [1.29, 1.82) is 0 Å². The molecule has 0 amide bonds. The van der Waals surface area contributed by atoms with Crippen LogP contribution in [0.5, 0.6) is 5.75 Å². The smallest absolute Gasteiger partial charge is 0.156 e. The Kier molecular flexibility index (Phi) is 4.81. The number of aliphatic hydroxyl groups excluding tert-OH is 1. The van der Waals surface area contributed by atoms with Gasteiger partial charge in [0, 0.05) is 0 Å². The van der Waals surface area contributed by atoms with Gasteiger partial charge in [0.1, 0.15) is 10.9 Å². The molecule has 15 heavy (non-hydrogen) atoms. The lowest BCUT2D eigenvalue weighted by Crippen LogP contribution is -2.06. The molecule has 0 aliphatic rings. The van der Waals surface area contributed by atoms with Gasteiger partial charge in [0.25, 0.3) is 0 Å². The number of benzene rings is 1. The molecule has 0 saturated heterocycles. The van der Waals surface area contributed by atoms with Crippen molar-refractivity contribution in [2.45, 2.75) is 10.9 Å². The average Bonchev–Trinajstić information content (AvgIpc) is 2.15. The monoisotopic (exact) mass is 288 g/mol. The summed E-state index contributed by atoms with van der Waals surface area (Å²) in [6.45, 7) is 0. The van der Waals surface area contributed by atoms with Crippen molar-refractivity contribution in [3.63, 3.8) is 0 Å². The Morgan fingerprint density at radius 2 is 1.67 bits per heavy atom. The quantitative estimate of drug-likeness (QED) is 0.857. The van der Waals surface area contributed by atoms with E-state index >= 15 is 0 Å². The first kappa shape index (κ1) is 13.2. The molecule has 0 spiro atoms. The van der Waals surface area contributed by atoms with Gasteiger partial charge in [-0.2, -0.15) is 0 Å². The Morgan fingerprint density at radius 3 is 2.00 bits per heavy atom. The van der Waals surface area contributed by atoms with Gasteiger partial charge in [0.15, 0.2) is 5.75 Å². The highest BCUT2D eigenvalue weighted by atomic mass is 35.5. The molecule has 0 saturated carbocycles. The number of alkyl halides is 2. The molecule has 0 bridgehead atoms. The molecule has 0 radical (unpaired) electrons. The van der Waals surface area contributed by atoms with E-state index in [1.54, 1.807) is 0 Å². The number of aliphatic hydroxyl groups is 1. The Hall–Kier alpha value is 0.140. The molecule has 2 nitrogen and oxygen atoms in total. The van der Waals surface area contributed by atoms with Crippen LogP contribution in [0.2, 0.25) is 10.0 Å². The van der Waals surface area contributed by atoms with Gasteiger partial charge in [0.05, 0.1) is 17.2 Å². The minimum Gasteiger partial charge on any atom is -0.494 e. The molecule has 1 rings (SSSR count). The van der Waals surface area contributed by atoms with Crippen LogP contribution in [0.15, 0.2) is 12.1 Å². The molecule has 1 atom stereocenters. The van der Waals surface area contributed by atoms with Crippen LogP contribution >= 0.6 is 46.4 Å². The SMILES string of the molecule is COc1c(Cl)cc(C(O)C(Cl)Cl)cc1Cl. The van der Waals surface area contributed by atoms with E-state index in [1.165, 1.54) is 19.2 Å². The van der Waals surface area contributed by atoms with Gasteiger partial charge in [-0.25, -0.2) is 0 Å². The summed E-state index contributed by atoms with van der Waals surface area (Å²) >= 11 is 22.8. The van der Waals surface area contributed by atoms with Crippen molar-refractivity contribution in [2.75, 3.05) is 7.11 Å². The van der Waals surface area contributed by atoms with E-state index in [2.05, 4.69) is 0 Å². The molecule has 0 aromatic heterocycles. The van der Waals surface area contributed by atoms with Crippen molar-refractivity contribution in [1.82, 2.24) is 0 Å². The second-order valence-corrected chi connectivity index (χ2v) is 4.78. The molecule has 1 N–H and O–H groups in total. The predicted octanol–water partition coefficient (Wildman–Crippen LogP) is 3.84. The summed E-state index contributed by atoms with van der Waals surface area (Å²) in [5, 5.41) is 10.2. The maximum absolute atomic E-state index is 9.59. The first-order chi connectivity index (χ1) is 6.97. The third-order valence-corrected chi connectivity index (χ3v) is 2.84. The van der Waals surface area contributed by atoms with Crippen molar-refractivity contribution < 1.29 is 9.84 Å². The third-order valence-electron chi connectivity index (χ3n) is 1.80. The Balaban J connectivity index is 3.14. The summed E-state index contributed by atoms with van der Waals surface area (Å²) in [6.07, 6.45) is -1.03. The van der Waals surface area contributed by atoms with Crippen LogP contribution in [0.4, 0.5) is 0 Å². The zero-order valence-electron chi connectivity index (χ0n) is 7.68. The highest BCUT2D eigenvalue weighted by molar-refractivity contribution is 6.44. The minimum atomic E-state index is -1.03. The van der Waals surface area contributed by atoms with E-state index in [9.17, 15) is 5.11 Å². The maximum atomic E-state index is 9.59. The summed E-state index contributed by atoms with van der Waals surface area (Å²) in [7, 11) is 1.45. The molecular formula is C9H8Cl4O2. The van der Waals surface area contributed by atoms with Gasteiger partial charge in [-0.05, 0) is 17.7 Å². The number of rotatable bonds is 3. The number of halogens is 4. The summed E-state index contributed by atoms with van der Waals surface area (Å²) in [5.41, 5.74) is 0.445. The van der Waals surface area contributed by atoms with Crippen LogP contribution in [-0.2, 0) is 0 Å². The standard InChI is InChI=1S/C9H8Cl4O2/c1-15-8-5(10)2-4(3-6(8)11)7(14)9(12)13/h2-3,7,9,14H,1H3. The summed E-state index contributed by atoms with van der Waals surface area (Å²) in [6, 6.07) is 3.02. The van der Waals surface area contributed by atoms with Gasteiger partial charge >= 0.3 is 0 Å². The molecule has 84 valence electrons. The van der Waals surface area contributed by atoms with Gasteiger partial charge in [-0.3, -0.25) is 0 Å². The second kappa shape index (κ2) is 5.46. The largest absolute Gasteiger partial charge is 0.494 e. The second-order valence-electron chi connectivity index (χ2n) is 2.80. The van der Waals surface area contributed by atoms with Crippen LogP contribution < -0.4 is 4.74 Å². The fourth-order valence-electron chi connectivity index (χ4n) is 1.09. The Morgan fingerprint density at radius 1 is 1.20 bits per heavy atom. The van der Waals surface area contributed by atoms with Gasteiger partial charge in [-0.1, -0.05) is 23.2 Å². The molecule has 0 aliphatic carbocycles. The molecular weight excluding hydrogens is 282 g/mol. The highest BCUT2D eigenvalue weighted by Gasteiger charge is 2.19. The lowest BCUT2D eigenvalue weighted by Gasteiger charge is -2.14. The van der Waals surface area contributed by atoms with Crippen molar-refractivity contribution in [3.8, 4) is 5.75 Å². The molecule has 6 heteroatoms. The third kappa shape index (κ3) is 3.05. The first-order valence-corrected chi connectivity index (χ1v) is 5.59. The molecule has 1 aromatic rings. The van der Waals surface area contributed by atoms with Gasteiger partial charge in [0.2, 0.25) is 0 Å². The number of hydrogen-bond acceptors (Lipinski definition) is 2. The zero-order valence-corrected chi connectivity index (χ0v) is 10.7. The summed E-state index contributed by atoms with van der Waals surface area (Å²) in [5.74, 6) is 0.356. The number of hydrogen-bond donors (Lipinski definition) is 1. The molecule has 0 heterocycles. The van der Waals surface area contributed by atoms with E-state index in [0.29, 0.717) is 21.4 Å². The van der Waals surface area contributed by atoms with Crippen LogP contribution in [-0.4, -0.2) is 17.1 Å². The number of methoxy groups -OCH3 is 1. The minimum absolute atomic E-state index is 0.299. The van der Waals surface area contributed by atoms with Crippen molar-refractivity contribution in [3.05, 3.63) is 27.7 Å². The summed E-state index contributed by atoms with van der Waals surface area (Å²) in [4.78, 5) is -0.939. The molecule has 1 aromatic carbocycles. The average molecular weight is 290 g/mol. The van der Waals surface area contributed by atoms with Crippen LogP contribution in [0.1, 0.15) is 11.7 Å². The predicted molar refractivity (Wildman–Crippen MR) is 63.5 cm³/mol. The lowest BCUT2D eigenvalue weighted by atomic mass is 10.1. The zero-order chi connectivity index (χ0) is 11.6. The van der Waals surface area contributed by atoms with E-state index < -0.39 is 10.9 Å². The molecule has 1 unspecified atom stereocenters. The lowest BCUT2D eigenvalue weighted by molar-refractivity contribution is 0.193. The fraction of sp³-hybridized carbons (Fsp3) is 0.333. The molecule has 0 aliphatic heterocycles. The topological polar surface area (TPSA) is 29.5 Å². The van der Waals surface area contributed by atoms with Gasteiger partial charge in [-0.15, -0.1) is 23.2 Å². The number of ether oxygens (including phenoxy) is 1. The van der Waals surface area contributed by atoms with E-state index in [0.717, 1.165) is 0 Å². The van der Waals surface area contributed by atoms with E-state index in [1.807, 2.05) is 0 Å². The summed E-state index contributed by atoms with van der Waals surface area (Å²) < 4.78 is 4.96. The van der Waals surface area contributed by atoms with Crippen LogP contribution in [0, 0.1) is 0 Å². The van der Waals surface area contributed by atoms with Crippen molar-refractivity contribution in [2.24, 2.45) is 0 Å². The van der Waals surface area contributed by atoms with E-state index in [4.69, 9.17) is 51.1 Å². The van der Waals surface area contributed by atoms with E-state index in [-0.39, 0.29) is 0 Å². The molecule has 0 fully saturated rings. The Bertz CT molecular complexity index is 331. The van der Waals surface area contributed by atoms with Crippen LogP contribution in [0.25, 0.3) is 0 Å². The Labute approximate surface area is 108 Å².